The van der Waals surface area contributed by atoms with E-state index in [1.807, 2.05) is 11.3 Å². The number of rotatable bonds is 8. The first-order valence-corrected chi connectivity index (χ1v) is 7.02. The summed E-state index contributed by atoms with van der Waals surface area (Å²) in [5.41, 5.74) is 0. The van der Waals surface area contributed by atoms with Crippen LogP contribution in [0.1, 0.15) is 36.4 Å². The molecule has 1 N–H and O–H groups in total. The first-order valence-electron chi connectivity index (χ1n) is 6.21. The molecule has 0 bridgehead atoms. The first kappa shape index (κ1) is 13.7. The normalized spacial score (nSPS) is 11.2. The number of aryl methyl sites for hydroxylation is 1. The van der Waals surface area contributed by atoms with Crippen LogP contribution in [0.4, 0.5) is 0 Å². The molecule has 1 heterocycles. The van der Waals surface area contributed by atoms with E-state index in [1.165, 1.54) is 22.6 Å². The Morgan fingerprint density at radius 1 is 1.19 bits per heavy atom. The van der Waals surface area contributed by atoms with Gasteiger partial charge in [-0.3, -0.25) is 4.90 Å². The van der Waals surface area contributed by atoms with Crippen LogP contribution in [0.25, 0.3) is 0 Å². The van der Waals surface area contributed by atoms with Crippen molar-refractivity contribution < 1.29 is 5.11 Å². The van der Waals surface area contributed by atoms with Gasteiger partial charge in [-0.15, -0.1) is 11.3 Å². The summed E-state index contributed by atoms with van der Waals surface area (Å²) in [4.78, 5) is 5.21. The van der Waals surface area contributed by atoms with Gasteiger partial charge in [-0.2, -0.15) is 0 Å². The molecular weight excluding hydrogens is 218 g/mol. The van der Waals surface area contributed by atoms with E-state index in [9.17, 15) is 0 Å². The predicted octanol–water partition coefficient (Wildman–Crippen LogP) is 2.90. The van der Waals surface area contributed by atoms with Crippen LogP contribution in [-0.2, 0) is 13.0 Å². The van der Waals surface area contributed by atoms with Crippen molar-refractivity contribution in [2.45, 2.75) is 39.7 Å². The van der Waals surface area contributed by atoms with Gasteiger partial charge in [-0.1, -0.05) is 20.3 Å². The smallest absolute Gasteiger partial charge is 0.0558 e. The average Bonchev–Trinajstić information content (AvgIpc) is 2.74. The van der Waals surface area contributed by atoms with Gasteiger partial charge in [0.2, 0.25) is 0 Å². The highest BCUT2D eigenvalue weighted by molar-refractivity contribution is 7.11. The molecule has 1 aromatic heterocycles. The molecule has 16 heavy (non-hydrogen) atoms. The van der Waals surface area contributed by atoms with Gasteiger partial charge in [0.1, 0.15) is 0 Å². The molecule has 1 aromatic rings. The van der Waals surface area contributed by atoms with Crippen LogP contribution < -0.4 is 0 Å². The van der Waals surface area contributed by atoms with Crippen LogP contribution in [0.5, 0.6) is 0 Å². The Balaban J connectivity index is 2.46. The van der Waals surface area contributed by atoms with Gasteiger partial charge in [0, 0.05) is 22.8 Å². The van der Waals surface area contributed by atoms with Crippen molar-refractivity contribution in [3.63, 3.8) is 0 Å². The van der Waals surface area contributed by atoms with Crippen LogP contribution in [0.3, 0.4) is 0 Å². The first-order chi connectivity index (χ1) is 7.80. The largest absolute Gasteiger partial charge is 0.395 e. The van der Waals surface area contributed by atoms with Crippen LogP contribution in [0.15, 0.2) is 12.1 Å². The maximum absolute atomic E-state index is 9.03. The van der Waals surface area contributed by atoms with Gasteiger partial charge in [-0.05, 0) is 31.5 Å². The molecule has 0 saturated carbocycles. The Morgan fingerprint density at radius 3 is 2.50 bits per heavy atom. The van der Waals surface area contributed by atoms with Gasteiger partial charge in [0.25, 0.3) is 0 Å². The second kappa shape index (κ2) is 7.82. The van der Waals surface area contributed by atoms with Crippen LogP contribution in [0, 0.1) is 0 Å². The molecule has 0 saturated heterocycles. The Bertz CT molecular complexity index is 285. The molecule has 0 fully saturated rings. The van der Waals surface area contributed by atoms with Gasteiger partial charge in [0.05, 0.1) is 6.61 Å². The third kappa shape index (κ3) is 4.64. The van der Waals surface area contributed by atoms with Gasteiger partial charge in [0.15, 0.2) is 0 Å². The van der Waals surface area contributed by atoms with Gasteiger partial charge >= 0.3 is 0 Å². The molecule has 0 aromatic carbocycles. The molecule has 0 aliphatic carbocycles. The van der Waals surface area contributed by atoms with E-state index in [0.29, 0.717) is 0 Å². The van der Waals surface area contributed by atoms with Gasteiger partial charge in [-0.25, -0.2) is 0 Å². The summed E-state index contributed by atoms with van der Waals surface area (Å²) in [7, 11) is 0. The standard InChI is InChI=1S/C13H23NOS/c1-3-5-8-14(9-10-15)11-13-7-6-12(4-2)16-13/h6-7,15H,3-5,8-11H2,1-2H3. The Kier molecular flexibility index (Phi) is 6.69. The number of aliphatic hydroxyl groups excluding tert-OH is 1. The number of unbranched alkanes of at least 4 members (excludes halogenated alkanes) is 1. The highest BCUT2D eigenvalue weighted by Gasteiger charge is 2.06. The average molecular weight is 241 g/mol. The Hall–Kier alpha value is -0.380. The van der Waals surface area contributed by atoms with E-state index >= 15 is 0 Å². The zero-order valence-electron chi connectivity index (χ0n) is 10.4. The molecule has 0 unspecified atom stereocenters. The fraction of sp³-hybridized carbons (Fsp3) is 0.692. The number of aliphatic hydroxyl groups is 1. The fourth-order valence-corrected chi connectivity index (χ4v) is 2.71. The lowest BCUT2D eigenvalue weighted by Gasteiger charge is -2.19. The van der Waals surface area contributed by atoms with Crippen molar-refractivity contribution in [1.29, 1.82) is 0 Å². The molecule has 0 aliphatic rings. The molecule has 0 atom stereocenters. The predicted molar refractivity (Wildman–Crippen MR) is 71.0 cm³/mol. The maximum Gasteiger partial charge on any atom is 0.0558 e. The minimum absolute atomic E-state index is 0.260. The molecule has 3 heteroatoms. The van der Waals surface area contributed by atoms with Crippen molar-refractivity contribution >= 4 is 11.3 Å². The molecule has 0 amide bonds. The third-order valence-corrected chi connectivity index (χ3v) is 3.90. The fourth-order valence-electron chi connectivity index (χ4n) is 1.71. The maximum atomic E-state index is 9.03. The van der Waals surface area contributed by atoms with Crippen molar-refractivity contribution in [3.8, 4) is 0 Å². The van der Waals surface area contributed by atoms with Crippen LogP contribution >= 0.6 is 11.3 Å². The van der Waals surface area contributed by atoms with E-state index in [4.69, 9.17) is 5.11 Å². The molecule has 92 valence electrons. The number of nitrogens with zero attached hydrogens (tertiary/aromatic N) is 1. The van der Waals surface area contributed by atoms with E-state index in [-0.39, 0.29) is 6.61 Å². The summed E-state index contributed by atoms with van der Waals surface area (Å²) in [6.45, 7) is 7.53. The SMILES string of the molecule is CCCCN(CCO)Cc1ccc(CC)s1. The van der Waals surface area contributed by atoms with Crippen molar-refractivity contribution in [1.82, 2.24) is 4.90 Å². The molecule has 1 rings (SSSR count). The lowest BCUT2D eigenvalue weighted by atomic mass is 10.3. The van der Waals surface area contributed by atoms with E-state index in [2.05, 4.69) is 30.9 Å². The van der Waals surface area contributed by atoms with Gasteiger partial charge < -0.3 is 5.11 Å². The van der Waals surface area contributed by atoms with E-state index in [0.717, 1.165) is 26.1 Å². The molecule has 0 aliphatic heterocycles. The number of hydrogen-bond acceptors (Lipinski definition) is 3. The second-order valence-electron chi connectivity index (χ2n) is 4.07. The van der Waals surface area contributed by atoms with Crippen LogP contribution in [-0.4, -0.2) is 29.7 Å². The molecule has 0 spiro atoms. The summed E-state index contributed by atoms with van der Waals surface area (Å²) < 4.78 is 0. The molecule has 0 radical (unpaired) electrons. The highest BCUT2D eigenvalue weighted by atomic mass is 32.1. The molecular formula is C13H23NOS. The van der Waals surface area contributed by atoms with E-state index in [1.54, 1.807) is 0 Å². The lowest BCUT2D eigenvalue weighted by Crippen LogP contribution is -2.27. The summed E-state index contributed by atoms with van der Waals surface area (Å²) in [6.07, 6.45) is 3.55. The topological polar surface area (TPSA) is 23.5 Å². The summed E-state index contributed by atoms with van der Waals surface area (Å²) in [6, 6.07) is 4.44. The second-order valence-corrected chi connectivity index (χ2v) is 5.33. The highest BCUT2D eigenvalue weighted by Crippen LogP contribution is 2.18. The summed E-state index contributed by atoms with van der Waals surface area (Å²) in [5, 5.41) is 9.03. The zero-order valence-corrected chi connectivity index (χ0v) is 11.2. The summed E-state index contributed by atoms with van der Waals surface area (Å²) in [5.74, 6) is 0. The Morgan fingerprint density at radius 2 is 1.94 bits per heavy atom. The minimum atomic E-state index is 0.260. The van der Waals surface area contributed by atoms with E-state index < -0.39 is 0 Å². The monoisotopic (exact) mass is 241 g/mol. The molecule has 2 nitrogen and oxygen atoms in total. The summed E-state index contributed by atoms with van der Waals surface area (Å²) >= 11 is 1.90. The van der Waals surface area contributed by atoms with Crippen molar-refractivity contribution in [3.05, 3.63) is 21.9 Å². The quantitative estimate of drug-likeness (QED) is 0.756. The van der Waals surface area contributed by atoms with Crippen molar-refractivity contribution in [2.24, 2.45) is 0 Å². The van der Waals surface area contributed by atoms with Crippen molar-refractivity contribution in [2.75, 3.05) is 19.7 Å². The zero-order chi connectivity index (χ0) is 11.8. The lowest BCUT2D eigenvalue weighted by molar-refractivity contribution is 0.189. The number of hydrogen-bond donors (Lipinski definition) is 1. The third-order valence-electron chi connectivity index (χ3n) is 2.69. The minimum Gasteiger partial charge on any atom is -0.395 e. The Labute approximate surface area is 103 Å². The number of thiophene rings is 1. The van der Waals surface area contributed by atoms with Crippen LogP contribution in [0.2, 0.25) is 0 Å².